The SMILES string of the molecule is C/C(NN)=C1/NCCC(Nc2ccccc2)c2cc(C3=CCN(C4CCCC4)CC3)ccc21. The Morgan fingerprint density at radius 3 is 2.61 bits per heavy atom. The summed E-state index contributed by atoms with van der Waals surface area (Å²) in [6, 6.07) is 18.6. The molecule has 1 saturated carbocycles. The molecule has 5 rings (SSSR count). The lowest BCUT2D eigenvalue weighted by atomic mass is 9.90. The van der Waals surface area contributed by atoms with Crippen molar-refractivity contribution in [2.24, 2.45) is 5.84 Å². The van der Waals surface area contributed by atoms with Crippen LogP contribution in [-0.2, 0) is 0 Å². The van der Waals surface area contributed by atoms with Crippen LogP contribution in [0.25, 0.3) is 11.3 Å². The fourth-order valence-electron chi connectivity index (χ4n) is 5.71. The van der Waals surface area contributed by atoms with Gasteiger partial charge < -0.3 is 16.1 Å². The monoisotopic (exact) mass is 443 g/mol. The summed E-state index contributed by atoms with van der Waals surface area (Å²) >= 11 is 0. The maximum atomic E-state index is 5.80. The van der Waals surface area contributed by atoms with Crippen LogP contribution in [0.4, 0.5) is 5.69 Å². The first kappa shape index (κ1) is 22.1. The van der Waals surface area contributed by atoms with Gasteiger partial charge in [-0.3, -0.25) is 10.7 Å². The lowest BCUT2D eigenvalue weighted by Crippen LogP contribution is -2.36. The van der Waals surface area contributed by atoms with E-state index in [1.54, 1.807) is 0 Å². The van der Waals surface area contributed by atoms with E-state index < -0.39 is 0 Å². The number of hydrazine groups is 1. The van der Waals surface area contributed by atoms with E-state index in [1.165, 1.54) is 54.5 Å². The third-order valence-corrected chi connectivity index (χ3v) is 7.59. The Morgan fingerprint density at radius 1 is 1.06 bits per heavy atom. The van der Waals surface area contributed by atoms with Crippen LogP contribution in [0.5, 0.6) is 0 Å². The second kappa shape index (κ2) is 10.0. The molecule has 0 spiro atoms. The van der Waals surface area contributed by atoms with Crippen molar-refractivity contribution in [2.45, 2.75) is 57.5 Å². The molecule has 2 aromatic rings. The number of benzene rings is 2. The average Bonchev–Trinajstić information content (AvgIpc) is 3.35. The topological polar surface area (TPSA) is 65.3 Å². The minimum Gasteiger partial charge on any atom is -0.383 e. The zero-order chi connectivity index (χ0) is 22.6. The van der Waals surface area contributed by atoms with Gasteiger partial charge in [-0.05, 0) is 67.5 Å². The number of para-hydroxylation sites is 1. The Labute approximate surface area is 198 Å². The molecule has 1 aliphatic carbocycles. The molecule has 174 valence electrons. The molecule has 2 heterocycles. The number of anilines is 1. The summed E-state index contributed by atoms with van der Waals surface area (Å²) in [7, 11) is 0. The maximum Gasteiger partial charge on any atom is 0.0621 e. The minimum absolute atomic E-state index is 0.233. The fourth-order valence-corrected chi connectivity index (χ4v) is 5.71. The number of rotatable bonds is 5. The van der Waals surface area contributed by atoms with Gasteiger partial charge in [0, 0.05) is 42.6 Å². The summed E-state index contributed by atoms with van der Waals surface area (Å²) in [5.74, 6) is 5.80. The molecule has 3 aliphatic rings. The average molecular weight is 444 g/mol. The van der Waals surface area contributed by atoms with Gasteiger partial charge in [-0.25, -0.2) is 0 Å². The predicted octanol–water partition coefficient (Wildman–Crippen LogP) is 5.02. The minimum atomic E-state index is 0.233. The van der Waals surface area contributed by atoms with Crippen LogP contribution in [0.15, 0.2) is 60.3 Å². The van der Waals surface area contributed by atoms with Gasteiger partial charge >= 0.3 is 0 Å². The molecule has 1 fully saturated rings. The van der Waals surface area contributed by atoms with Gasteiger partial charge in [0.1, 0.15) is 0 Å². The van der Waals surface area contributed by atoms with E-state index in [0.717, 1.165) is 49.1 Å². The highest BCUT2D eigenvalue weighted by molar-refractivity contribution is 5.75. The Hall–Kier alpha value is -2.76. The Bertz CT molecular complexity index is 1020. The molecule has 5 N–H and O–H groups in total. The molecule has 0 saturated heterocycles. The quantitative estimate of drug-likeness (QED) is 0.386. The molecule has 0 radical (unpaired) electrons. The smallest absolute Gasteiger partial charge is 0.0621 e. The molecule has 1 unspecified atom stereocenters. The molecule has 2 aliphatic heterocycles. The molecular weight excluding hydrogens is 406 g/mol. The lowest BCUT2D eigenvalue weighted by Gasteiger charge is -2.32. The lowest BCUT2D eigenvalue weighted by molar-refractivity contribution is 0.219. The van der Waals surface area contributed by atoms with Crippen molar-refractivity contribution >= 4 is 17.0 Å². The zero-order valence-electron chi connectivity index (χ0n) is 19.7. The first-order chi connectivity index (χ1) is 16.2. The van der Waals surface area contributed by atoms with E-state index >= 15 is 0 Å². The molecule has 5 nitrogen and oxygen atoms in total. The van der Waals surface area contributed by atoms with Crippen molar-refractivity contribution in [3.63, 3.8) is 0 Å². The molecule has 0 aromatic heterocycles. The number of nitrogens with one attached hydrogen (secondary N) is 3. The van der Waals surface area contributed by atoms with Crippen LogP contribution >= 0.6 is 0 Å². The first-order valence-electron chi connectivity index (χ1n) is 12.5. The van der Waals surface area contributed by atoms with E-state index in [2.05, 4.69) is 75.6 Å². The Kier molecular flexibility index (Phi) is 6.70. The van der Waals surface area contributed by atoms with Gasteiger partial charge in [-0.2, -0.15) is 0 Å². The van der Waals surface area contributed by atoms with Gasteiger partial charge in [-0.1, -0.05) is 49.2 Å². The van der Waals surface area contributed by atoms with Gasteiger partial charge in [0.05, 0.1) is 11.7 Å². The molecule has 0 bridgehead atoms. The van der Waals surface area contributed by atoms with Gasteiger partial charge in [0.2, 0.25) is 0 Å². The van der Waals surface area contributed by atoms with E-state index in [-0.39, 0.29) is 6.04 Å². The normalized spacial score (nSPS) is 23.2. The highest BCUT2D eigenvalue weighted by Gasteiger charge is 2.26. The van der Waals surface area contributed by atoms with Crippen molar-refractivity contribution in [3.8, 4) is 0 Å². The number of allylic oxidation sites excluding steroid dienone is 1. The summed E-state index contributed by atoms with van der Waals surface area (Å²) < 4.78 is 0. The summed E-state index contributed by atoms with van der Waals surface area (Å²) in [6.45, 7) is 5.20. The van der Waals surface area contributed by atoms with Gasteiger partial charge in [0.25, 0.3) is 0 Å². The largest absolute Gasteiger partial charge is 0.383 e. The van der Waals surface area contributed by atoms with E-state index in [4.69, 9.17) is 5.84 Å². The number of hydrogen-bond acceptors (Lipinski definition) is 5. The van der Waals surface area contributed by atoms with E-state index in [1.807, 2.05) is 6.92 Å². The molecular formula is C28H37N5. The summed E-state index contributed by atoms with van der Waals surface area (Å²) in [4.78, 5) is 2.70. The molecule has 2 aromatic carbocycles. The predicted molar refractivity (Wildman–Crippen MR) is 138 cm³/mol. The van der Waals surface area contributed by atoms with Crippen LogP contribution < -0.4 is 21.9 Å². The standard InChI is InChI=1S/C28H37N5/c1-20(32-29)28-25-12-11-22(21-14-17-33(18-15-21)24-9-5-6-10-24)19-26(25)27(13-16-30-28)31-23-7-3-2-4-8-23/h2-4,7-8,11-12,14,19,24,27,30-32H,5-6,9-10,13,15-18,29H2,1H3/b28-20-. The number of nitrogens with zero attached hydrogens (tertiary/aromatic N) is 1. The molecule has 33 heavy (non-hydrogen) atoms. The summed E-state index contributed by atoms with van der Waals surface area (Å²) in [5, 5.41) is 7.40. The number of nitrogens with two attached hydrogens (primary N) is 1. The van der Waals surface area contributed by atoms with Gasteiger partial charge in [-0.15, -0.1) is 0 Å². The molecule has 0 amide bonds. The highest BCUT2D eigenvalue weighted by atomic mass is 15.2. The fraction of sp³-hybridized carbons (Fsp3) is 0.429. The zero-order valence-corrected chi connectivity index (χ0v) is 19.7. The number of hydrogen-bond donors (Lipinski definition) is 4. The first-order valence-corrected chi connectivity index (χ1v) is 12.5. The van der Waals surface area contributed by atoms with Crippen molar-refractivity contribution in [1.29, 1.82) is 0 Å². The van der Waals surface area contributed by atoms with Gasteiger partial charge in [0.15, 0.2) is 0 Å². The third kappa shape index (κ3) is 4.80. The van der Waals surface area contributed by atoms with Crippen LogP contribution in [0.1, 0.15) is 68.2 Å². The maximum absolute atomic E-state index is 5.80. The van der Waals surface area contributed by atoms with Crippen molar-refractivity contribution in [3.05, 3.63) is 77.0 Å². The highest BCUT2D eigenvalue weighted by Crippen LogP contribution is 2.36. The second-order valence-corrected chi connectivity index (χ2v) is 9.64. The van der Waals surface area contributed by atoms with Crippen LogP contribution in [0, 0.1) is 0 Å². The van der Waals surface area contributed by atoms with Crippen molar-refractivity contribution < 1.29 is 0 Å². The van der Waals surface area contributed by atoms with E-state index in [9.17, 15) is 0 Å². The Morgan fingerprint density at radius 2 is 1.88 bits per heavy atom. The number of fused-ring (bicyclic) bond motifs is 1. The summed E-state index contributed by atoms with van der Waals surface area (Å²) in [6.07, 6.45) is 10.2. The Balaban J connectivity index is 1.47. The van der Waals surface area contributed by atoms with Crippen molar-refractivity contribution in [1.82, 2.24) is 15.6 Å². The van der Waals surface area contributed by atoms with E-state index in [0.29, 0.717) is 0 Å². The van der Waals surface area contributed by atoms with Crippen LogP contribution in [0.3, 0.4) is 0 Å². The van der Waals surface area contributed by atoms with Crippen LogP contribution in [0.2, 0.25) is 0 Å². The van der Waals surface area contributed by atoms with Crippen LogP contribution in [-0.4, -0.2) is 30.6 Å². The second-order valence-electron chi connectivity index (χ2n) is 9.64. The van der Waals surface area contributed by atoms with Crippen molar-refractivity contribution in [2.75, 3.05) is 25.0 Å². The molecule has 1 atom stereocenters. The third-order valence-electron chi connectivity index (χ3n) is 7.59. The summed E-state index contributed by atoms with van der Waals surface area (Å²) in [5.41, 5.74) is 11.5. The molecule has 5 heteroatoms.